The normalized spacial score (nSPS) is 21.1. The number of benzene rings is 3. The number of hydrogen-bond donors (Lipinski definition) is 1. The van der Waals surface area contributed by atoms with E-state index in [0.717, 1.165) is 16.7 Å². The lowest BCUT2D eigenvalue weighted by Gasteiger charge is -2.26. The predicted molar refractivity (Wildman–Crippen MR) is 149 cm³/mol. The first-order chi connectivity index (χ1) is 19.2. The van der Waals surface area contributed by atoms with Gasteiger partial charge in [-0.25, -0.2) is 4.98 Å². The third kappa shape index (κ3) is 7.00. The number of oxime groups is 1. The molecule has 8 nitrogen and oxygen atoms in total. The molecule has 0 unspecified atom stereocenters. The van der Waals surface area contributed by atoms with Crippen LogP contribution in [0.5, 0.6) is 0 Å². The summed E-state index contributed by atoms with van der Waals surface area (Å²) in [7, 11) is 0. The van der Waals surface area contributed by atoms with E-state index in [1.165, 1.54) is 6.21 Å². The Bertz CT molecular complexity index is 1320. The Balaban J connectivity index is 1.42. The van der Waals surface area contributed by atoms with E-state index in [1.807, 2.05) is 91.0 Å². The van der Waals surface area contributed by atoms with E-state index in [9.17, 15) is 5.21 Å². The second kappa shape index (κ2) is 13.6. The standard InChI is InChI=1S/C30H30BrN3O5/c31-29-25(16-33-35)34(21-32-29)30-28(38-19-24-14-8-3-9-15-24)27(37-18-23-12-6-2-7-13-23)26(39-30)20-36-17-22-10-4-1-5-11-22/h1-16,21,26-28,30,35H,17-20H2/b33-16+/t26-,27-,28-,30-/m1/s1. The number of halogens is 1. The van der Waals surface area contributed by atoms with Crippen LogP contribution in [0.4, 0.5) is 0 Å². The molecule has 1 aromatic heterocycles. The number of hydrogen-bond acceptors (Lipinski definition) is 7. The summed E-state index contributed by atoms with van der Waals surface area (Å²) in [4.78, 5) is 4.35. The minimum atomic E-state index is -0.605. The van der Waals surface area contributed by atoms with Crippen LogP contribution in [-0.4, -0.2) is 45.9 Å². The smallest absolute Gasteiger partial charge is 0.164 e. The fourth-order valence-electron chi connectivity index (χ4n) is 4.57. The molecule has 3 aromatic carbocycles. The summed E-state index contributed by atoms with van der Waals surface area (Å²) in [6.07, 6.45) is 0.954. The molecule has 4 atom stereocenters. The quantitative estimate of drug-likeness (QED) is 0.128. The van der Waals surface area contributed by atoms with Gasteiger partial charge in [-0.2, -0.15) is 0 Å². The first-order valence-corrected chi connectivity index (χ1v) is 13.5. The highest BCUT2D eigenvalue weighted by Crippen LogP contribution is 2.37. The number of imidazole rings is 1. The fraction of sp³-hybridized carbons (Fsp3) is 0.267. The molecule has 0 saturated carbocycles. The van der Waals surface area contributed by atoms with Crippen molar-refractivity contribution in [2.75, 3.05) is 6.61 Å². The van der Waals surface area contributed by atoms with Gasteiger partial charge in [0.15, 0.2) is 6.23 Å². The van der Waals surface area contributed by atoms with Crippen LogP contribution in [-0.2, 0) is 38.8 Å². The van der Waals surface area contributed by atoms with Crippen LogP contribution in [0, 0.1) is 0 Å². The summed E-state index contributed by atoms with van der Waals surface area (Å²) in [5.41, 5.74) is 3.70. The molecule has 0 bridgehead atoms. The van der Waals surface area contributed by atoms with Crippen LogP contribution in [0.15, 0.2) is 107 Å². The number of nitrogens with zero attached hydrogens (tertiary/aromatic N) is 3. The van der Waals surface area contributed by atoms with Crippen LogP contribution in [0.2, 0.25) is 0 Å². The van der Waals surface area contributed by atoms with E-state index in [0.29, 0.717) is 36.7 Å². The Hall–Kier alpha value is -3.34. The molecular weight excluding hydrogens is 562 g/mol. The van der Waals surface area contributed by atoms with Crippen LogP contribution in [0.25, 0.3) is 0 Å². The van der Waals surface area contributed by atoms with E-state index in [1.54, 1.807) is 10.9 Å². The van der Waals surface area contributed by atoms with E-state index in [4.69, 9.17) is 18.9 Å². The van der Waals surface area contributed by atoms with Crippen molar-refractivity contribution in [3.05, 3.63) is 124 Å². The lowest BCUT2D eigenvalue weighted by molar-refractivity contribution is -0.0917. The van der Waals surface area contributed by atoms with Gasteiger partial charge in [0.25, 0.3) is 0 Å². The van der Waals surface area contributed by atoms with Crippen LogP contribution in [0.3, 0.4) is 0 Å². The first kappa shape index (κ1) is 27.2. The molecule has 0 aliphatic carbocycles. The third-order valence-electron chi connectivity index (χ3n) is 6.49. The number of ether oxygens (including phenoxy) is 4. The predicted octanol–water partition coefficient (Wildman–Crippen LogP) is 5.74. The van der Waals surface area contributed by atoms with Gasteiger partial charge in [0.1, 0.15) is 22.9 Å². The molecule has 39 heavy (non-hydrogen) atoms. The Morgan fingerprint density at radius 2 is 1.36 bits per heavy atom. The maximum atomic E-state index is 9.28. The largest absolute Gasteiger partial charge is 0.411 e. The van der Waals surface area contributed by atoms with E-state index in [2.05, 4.69) is 26.1 Å². The van der Waals surface area contributed by atoms with Crippen molar-refractivity contribution in [3.63, 3.8) is 0 Å². The van der Waals surface area contributed by atoms with Gasteiger partial charge >= 0.3 is 0 Å². The molecule has 0 amide bonds. The fourth-order valence-corrected chi connectivity index (χ4v) is 4.97. The summed E-state index contributed by atoms with van der Waals surface area (Å²) in [5, 5.41) is 12.5. The topological polar surface area (TPSA) is 87.3 Å². The minimum absolute atomic E-state index is 0.301. The molecule has 1 saturated heterocycles. The lowest BCUT2D eigenvalue weighted by atomic mass is 10.1. The minimum Gasteiger partial charge on any atom is -0.411 e. The van der Waals surface area contributed by atoms with Gasteiger partial charge in [-0.3, -0.25) is 4.57 Å². The average molecular weight is 592 g/mol. The zero-order chi connectivity index (χ0) is 26.9. The van der Waals surface area contributed by atoms with Crippen molar-refractivity contribution < 1.29 is 24.2 Å². The third-order valence-corrected chi connectivity index (χ3v) is 7.10. The molecule has 1 fully saturated rings. The summed E-state index contributed by atoms with van der Waals surface area (Å²) < 4.78 is 28.0. The second-order valence-corrected chi connectivity index (χ2v) is 9.91. The SMILES string of the molecule is O/N=C/c1c(Br)ncn1[C@@H]1O[C@H](COCc2ccccc2)[C@@H](OCc2ccccc2)[C@H]1OCc1ccccc1. The van der Waals surface area contributed by atoms with E-state index < -0.39 is 24.5 Å². The molecule has 0 spiro atoms. The molecule has 5 rings (SSSR count). The maximum Gasteiger partial charge on any atom is 0.164 e. The highest BCUT2D eigenvalue weighted by Gasteiger charge is 2.48. The Kier molecular flexibility index (Phi) is 9.52. The van der Waals surface area contributed by atoms with Gasteiger partial charge < -0.3 is 24.2 Å². The van der Waals surface area contributed by atoms with Gasteiger partial charge in [-0.1, -0.05) is 96.2 Å². The zero-order valence-electron chi connectivity index (χ0n) is 21.3. The maximum absolute atomic E-state index is 9.28. The van der Waals surface area contributed by atoms with Crippen molar-refractivity contribution in [2.24, 2.45) is 5.16 Å². The van der Waals surface area contributed by atoms with Gasteiger partial charge in [-0.15, -0.1) is 0 Å². The molecule has 1 N–H and O–H groups in total. The summed E-state index contributed by atoms with van der Waals surface area (Å²) in [5.74, 6) is 0. The van der Waals surface area contributed by atoms with Crippen LogP contribution in [0.1, 0.15) is 28.6 Å². The van der Waals surface area contributed by atoms with Gasteiger partial charge in [-0.05, 0) is 32.6 Å². The molecule has 2 heterocycles. The lowest BCUT2D eigenvalue weighted by Crippen LogP contribution is -2.38. The molecule has 202 valence electrons. The number of rotatable bonds is 12. The van der Waals surface area contributed by atoms with Crippen LogP contribution < -0.4 is 0 Å². The monoisotopic (exact) mass is 591 g/mol. The second-order valence-electron chi connectivity index (χ2n) is 9.16. The van der Waals surface area contributed by atoms with Crippen molar-refractivity contribution in [3.8, 4) is 0 Å². The molecule has 0 radical (unpaired) electrons. The Labute approximate surface area is 235 Å². The van der Waals surface area contributed by atoms with Crippen molar-refractivity contribution in [1.82, 2.24) is 9.55 Å². The summed E-state index contributed by atoms with van der Waals surface area (Å²) >= 11 is 3.43. The van der Waals surface area contributed by atoms with E-state index >= 15 is 0 Å². The molecule has 1 aliphatic rings. The van der Waals surface area contributed by atoms with Crippen molar-refractivity contribution >= 4 is 22.1 Å². The van der Waals surface area contributed by atoms with Gasteiger partial charge in [0, 0.05) is 0 Å². The van der Waals surface area contributed by atoms with Crippen LogP contribution >= 0.6 is 15.9 Å². The average Bonchev–Trinajstić information content (AvgIpc) is 3.51. The first-order valence-electron chi connectivity index (χ1n) is 12.7. The highest BCUT2D eigenvalue weighted by molar-refractivity contribution is 9.10. The number of aromatic nitrogens is 2. The van der Waals surface area contributed by atoms with Gasteiger partial charge in [0.2, 0.25) is 0 Å². The molecule has 9 heteroatoms. The summed E-state index contributed by atoms with van der Waals surface area (Å²) in [6, 6.07) is 30.0. The Morgan fingerprint density at radius 3 is 1.92 bits per heavy atom. The van der Waals surface area contributed by atoms with E-state index in [-0.39, 0.29) is 0 Å². The molecule has 1 aliphatic heterocycles. The Morgan fingerprint density at radius 1 is 0.821 bits per heavy atom. The van der Waals surface area contributed by atoms with Gasteiger partial charge in [0.05, 0.1) is 44.7 Å². The molecule has 4 aromatic rings. The highest BCUT2D eigenvalue weighted by atomic mass is 79.9. The molecular formula is C30H30BrN3O5. The van der Waals surface area contributed by atoms with Crippen molar-refractivity contribution in [2.45, 2.75) is 44.4 Å². The summed E-state index contributed by atoms with van der Waals surface area (Å²) in [6.45, 7) is 1.51. The van der Waals surface area contributed by atoms with Crippen molar-refractivity contribution in [1.29, 1.82) is 0 Å². The zero-order valence-corrected chi connectivity index (χ0v) is 22.8.